The minimum atomic E-state index is -0.869. The zero-order chi connectivity index (χ0) is 24.1. The van der Waals surface area contributed by atoms with Crippen LogP contribution in [0.1, 0.15) is 49.4 Å². The lowest BCUT2D eigenvalue weighted by molar-refractivity contribution is -0.384. The molecule has 0 spiro atoms. The van der Waals surface area contributed by atoms with Gasteiger partial charge in [-0.3, -0.25) is 14.9 Å². The summed E-state index contributed by atoms with van der Waals surface area (Å²) in [6.45, 7) is 6.43. The number of ketones is 1. The van der Waals surface area contributed by atoms with E-state index in [1.54, 1.807) is 20.8 Å². The Morgan fingerprint density at radius 2 is 1.85 bits per heavy atom. The molecule has 1 saturated heterocycles. The van der Waals surface area contributed by atoms with Crippen molar-refractivity contribution in [2.45, 2.75) is 20.8 Å². The van der Waals surface area contributed by atoms with E-state index in [-0.39, 0.29) is 29.1 Å². The molecule has 0 aliphatic carbocycles. The molecule has 1 N–H and O–H groups in total. The number of Topliss-reactive ketones (excluding diaryl/α,β-unsaturated/α-hetero) is 1. The third-order valence-corrected chi connectivity index (χ3v) is 5.29. The number of nitrogens with one attached hydrogen (secondary N) is 1. The van der Waals surface area contributed by atoms with E-state index in [0.29, 0.717) is 43.2 Å². The third-order valence-electron chi connectivity index (χ3n) is 5.29. The quantitative estimate of drug-likeness (QED) is 0.273. The van der Waals surface area contributed by atoms with Gasteiger partial charge in [0.05, 0.1) is 41.6 Å². The number of benzene rings is 1. The maximum Gasteiger partial charge on any atom is 0.340 e. The highest BCUT2D eigenvalue weighted by molar-refractivity contribution is 6.03. The first-order valence-electron chi connectivity index (χ1n) is 10.4. The Bertz CT molecular complexity index is 1090. The molecule has 11 heteroatoms. The third kappa shape index (κ3) is 5.20. The SMILES string of the molecule is CCOC(=O)c1c(C)[nH]c(C(=O)COC(=O)c2ccc(N3CCOCC3)c([N+](=O)[O-])c2)c1C. The lowest BCUT2D eigenvalue weighted by Crippen LogP contribution is -2.36. The molecule has 176 valence electrons. The highest BCUT2D eigenvalue weighted by Gasteiger charge is 2.26. The summed E-state index contributed by atoms with van der Waals surface area (Å²) in [5, 5.41) is 11.6. The summed E-state index contributed by atoms with van der Waals surface area (Å²) in [5.41, 5.74) is 1.39. The molecule has 1 fully saturated rings. The van der Waals surface area contributed by atoms with Gasteiger partial charge in [0, 0.05) is 24.8 Å². The van der Waals surface area contributed by atoms with Gasteiger partial charge in [-0.1, -0.05) is 0 Å². The molecule has 33 heavy (non-hydrogen) atoms. The average Bonchev–Trinajstić information content (AvgIpc) is 3.11. The first-order chi connectivity index (χ1) is 15.7. The number of aryl methyl sites for hydroxylation is 1. The van der Waals surface area contributed by atoms with Crippen LogP contribution in [0.3, 0.4) is 0 Å². The molecular weight excluding hydrogens is 434 g/mol. The van der Waals surface area contributed by atoms with Gasteiger partial charge in [-0.2, -0.15) is 0 Å². The molecule has 0 amide bonds. The molecule has 2 aromatic rings. The van der Waals surface area contributed by atoms with Gasteiger partial charge in [-0.05, 0) is 38.5 Å². The molecule has 1 aliphatic heterocycles. The van der Waals surface area contributed by atoms with Crippen molar-refractivity contribution >= 4 is 29.1 Å². The minimum Gasteiger partial charge on any atom is -0.462 e. The number of H-pyrrole nitrogens is 1. The standard InChI is InChI=1S/C22H25N3O8/c1-4-32-22(28)19-13(2)20(23-14(19)3)18(26)12-33-21(27)15-5-6-16(17(11-15)25(29)30)24-7-9-31-10-8-24/h5-6,11,23H,4,7-10,12H2,1-3H3. The molecule has 1 aromatic carbocycles. The Balaban J connectivity index is 1.72. The Kier molecular flexibility index (Phi) is 7.44. The number of carbonyl (C=O) groups is 3. The van der Waals surface area contributed by atoms with Crippen molar-refractivity contribution in [3.8, 4) is 0 Å². The summed E-state index contributed by atoms with van der Waals surface area (Å²) in [4.78, 5) is 52.8. The first kappa shape index (κ1) is 23.9. The maximum absolute atomic E-state index is 12.6. The fraction of sp³-hybridized carbons (Fsp3) is 0.409. The molecule has 0 unspecified atom stereocenters. The van der Waals surface area contributed by atoms with Gasteiger partial charge < -0.3 is 24.1 Å². The second-order valence-corrected chi connectivity index (χ2v) is 7.40. The van der Waals surface area contributed by atoms with E-state index in [1.165, 1.54) is 12.1 Å². The second kappa shape index (κ2) is 10.3. The number of nitro groups is 1. The fourth-order valence-corrected chi connectivity index (χ4v) is 3.69. The zero-order valence-electron chi connectivity index (χ0n) is 18.6. The van der Waals surface area contributed by atoms with Crippen LogP contribution in [0.25, 0.3) is 0 Å². The molecule has 1 aliphatic rings. The summed E-state index contributed by atoms with van der Waals surface area (Å²) in [6, 6.07) is 4.06. The van der Waals surface area contributed by atoms with Crippen LogP contribution in [0, 0.1) is 24.0 Å². The van der Waals surface area contributed by atoms with Crippen molar-refractivity contribution in [1.82, 2.24) is 4.98 Å². The van der Waals surface area contributed by atoms with Gasteiger partial charge in [0.25, 0.3) is 5.69 Å². The lowest BCUT2D eigenvalue weighted by atomic mass is 10.1. The zero-order valence-corrected chi connectivity index (χ0v) is 18.6. The highest BCUT2D eigenvalue weighted by Crippen LogP contribution is 2.30. The monoisotopic (exact) mass is 459 g/mol. The predicted molar refractivity (Wildman–Crippen MR) is 117 cm³/mol. The van der Waals surface area contributed by atoms with Crippen molar-refractivity contribution in [3.63, 3.8) is 0 Å². The summed E-state index contributed by atoms with van der Waals surface area (Å²) >= 11 is 0. The van der Waals surface area contributed by atoms with Crippen molar-refractivity contribution < 1.29 is 33.5 Å². The van der Waals surface area contributed by atoms with E-state index in [2.05, 4.69) is 4.98 Å². The molecule has 11 nitrogen and oxygen atoms in total. The number of ether oxygens (including phenoxy) is 3. The van der Waals surface area contributed by atoms with Gasteiger partial charge >= 0.3 is 11.9 Å². The number of nitrogens with zero attached hydrogens (tertiary/aromatic N) is 2. The summed E-state index contributed by atoms with van der Waals surface area (Å²) in [5.74, 6) is -1.96. The maximum atomic E-state index is 12.6. The van der Waals surface area contributed by atoms with Gasteiger partial charge in [-0.25, -0.2) is 9.59 Å². The molecular formula is C22H25N3O8. The van der Waals surface area contributed by atoms with Gasteiger partial charge in [0.1, 0.15) is 5.69 Å². The topological polar surface area (TPSA) is 141 Å². The second-order valence-electron chi connectivity index (χ2n) is 7.40. The first-order valence-corrected chi connectivity index (χ1v) is 10.4. The lowest BCUT2D eigenvalue weighted by Gasteiger charge is -2.28. The molecule has 0 radical (unpaired) electrons. The van der Waals surface area contributed by atoms with E-state index < -0.39 is 29.3 Å². The van der Waals surface area contributed by atoms with Crippen LogP contribution in [-0.4, -0.2) is 67.1 Å². The molecule has 2 heterocycles. The smallest absolute Gasteiger partial charge is 0.340 e. The summed E-state index contributed by atoms with van der Waals surface area (Å²) < 4.78 is 15.4. The van der Waals surface area contributed by atoms with Crippen LogP contribution < -0.4 is 4.90 Å². The van der Waals surface area contributed by atoms with Crippen LogP contribution in [0.4, 0.5) is 11.4 Å². The van der Waals surface area contributed by atoms with Crippen LogP contribution in [0.5, 0.6) is 0 Å². The molecule has 0 atom stereocenters. The van der Waals surface area contributed by atoms with Crippen molar-refractivity contribution in [1.29, 1.82) is 0 Å². The normalized spacial score (nSPS) is 13.5. The van der Waals surface area contributed by atoms with E-state index in [9.17, 15) is 24.5 Å². The van der Waals surface area contributed by atoms with Gasteiger partial charge in [0.2, 0.25) is 5.78 Å². The largest absolute Gasteiger partial charge is 0.462 e. The summed E-state index contributed by atoms with van der Waals surface area (Å²) in [6.07, 6.45) is 0. The van der Waals surface area contributed by atoms with Crippen LogP contribution in [0.2, 0.25) is 0 Å². The Morgan fingerprint density at radius 1 is 1.15 bits per heavy atom. The number of carbonyl (C=O) groups excluding carboxylic acids is 3. The van der Waals surface area contributed by atoms with Crippen LogP contribution in [0.15, 0.2) is 18.2 Å². The minimum absolute atomic E-state index is 0.0434. The van der Waals surface area contributed by atoms with Crippen molar-refractivity contribution in [2.75, 3.05) is 44.4 Å². The number of rotatable bonds is 8. The fourth-order valence-electron chi connectivity index (χ4n) is 3.69. The number of morpholine rings is 1. The Hall–Kier alpha value is -3.73. The number of aromatic amines is 1. The highest BCUT2D eigenvalue weighted by atomic mass is 16.6. The van der Waals surface area contributed by atoms with Crippen molar-refractivity contribution in [3.05, 3.63) is 56.4 Å². The average molecular weight is 459 g/mol. The number of aromatic nitrogens is 1. The molecule has 0 saturated carbocycles. The van der Waals surface area contributed by atoms with E-state index in [4.69, 9.17) is 14.2 Å². The number of hydrogen-bond acceptors (Lipinski definition) is 9. The van der Waals surface area contributed by atoms with Crippen LogP contribution in [-0.2, 0) is 14.2 Å². The Labute approximate surface area is 189 Å². The number of anilines is 1. The Morgan fingerprint density at radius 3 is 2.48 bits per heavy atom. The molecule has 3 rings (SSSR count). The van der Waals surface area contributed by atoms with Gasteiger partial charge in [0.15, 0.2) is 6.61 Å². The predicted octanol–water partition coefficient (Wildman–Crippen LogP) is 2.59. The van der Waals surface area contributed by atoms with E-state index in [0.717, 1.165) is 6.07 Å². The van der Waals surface area contributed by atoms with Gasteiger partial charge in [-0.15, -0.1) is 0 Å². The number of esters is 2. The van der Waals surface area contributed by atoms with E-state index >= 15 is 0 Å². The van der Waals surface area contributed by atoms with E-state index in [1.807, 2.05) is 4.90 Å². The molecule has 0 bridgehead atoms. The van der Waals surface area contributed by atoms with Crippen LogP contribution >= 0.6 is 0 Å². The molecule has 1 aromatic heterocycles. The van der Waals surface area contributed by atoms with Crippen molar-refractivity contribution in [2.24, 2.45) is 0 Å². The number of hydrogen-bond donors (Lipinski definition) is 1. The summed E-state index contributed by atoms with van der Waals surface area (Å²) in [7, 11) is 0. The number of nitro benzene ring substituents is 1.